The van der Waals surface area contributed by atoms with Gasteiger partial charge in [-0.25, -0.2) is 0 Å². The molecule has 2 nitrogen and oxygen atoms in total. The van der Waals surface area contributed by atoms with Crippen molar-refractivity contribution in [2.45, 2.75) is 38.8 Å². The molecule has 102 valence electrons. The largest absolute Gasteiger partial charge is 0.309 e. The van der Waals surface area contributed by atoms with E-state index in [4.69, 9.17) is 23.2 Å². The summed E-state index contributed by atoms with van der Waals surface area (Å²) < 4.78 is 1.56. The van der Waals surface area contributed by atoms with E-state index in [1.54, 1.807) is 0 Å². The number of thiophene rings is 1. The molecule has 0 aromatic carbocycles. The van der Waals surface area contributed by atoms with E-state index in [2.05, 4.69) is 24.1 Å². The monoisotopic (exact) mass is 306 g/mol. The fraction of sp³-hybridized carbons (Fsp3) is 0.692. The lowest BCUT2D eigenvalue weighted by Gasteiger charge is -2.21. The Morgan fingerprint density at radius 3 is 2.72 bits per heavy atom. The molecule has 1 atom stereocenters. The van der Waals surface area contributed by atoms with E-state index in [9.17, 15) is 0 Å². The zero-order valence-corrected chi connectivity index (χ0v) is 13.2. The number of likely N-dealkylation sites (N-methyl/N-ethyl adjacent to an activating group) is 1. The number of hydrogen-bond acceptors (Lipinski definition) is 3. The highest BCUT2D eigenvalue weighted by Crippen LogP contribution is 2.34. The van der Waals surface area contributed by atoms with Gasteiger partial charge < -0.3 is 5.32 Å². The summed E-state index contributed by atoms with van der Waals surface area (Å²) in [5.74, 6) is 0. The SMILES string of the molecule is CCN(CCNC(C)c1cc(Cl)sc1Cl)C1CC1. The maximum absolute atomic E-state index is 6.15. The van der Waals surface area contributed by atoms with Crippen molar-refractivity contribution in [1.29, 1.82) is 0 Å². The lowest BCUT2D eigenvalue weighted by atomic mass is 10.2. The summed E-state index contributed by atoms with van der Waals surface area (Å²) in [4.78, 5) is 2.54. The highest BCUT2D eigenvalue weighted by molar-refractivity contribution is 7.20. The third-order valence-corrected chi connectivity index (χ3v) is 4.99. The molecule has 1 aliphatic carbocycles. The molecule has 0 aliphatic heterocycles. The standard InChI is InChI=1S/C13H20Cl2N2S/c1-3-17(10-4-5-10)7-6-16-9(2)11-8-12(14)18-13(11)15/h8-10,16H,3-7H2,1-2H3. The molecule has 1 aromatic heterocycles. The highest BCUT2D eigenvalue weighted by atomic mass is 35.5. The Morgan fingerprint density at radius 2 is 2.22 bits per heavy atom. The normalized spacial score (nSPS) is 17.4. The van der Waals surface area contributed by atoms with Crippen LogP contribution in [0.3, 0.4) is 0 Å². The molecule has 1 aliphatic rings. The smallest absolute Gasteiger partial charge is 0.0991 e. The molecular formula is C13H20Cl2N2S. The van der Waals surface area contributed by atoms with Gasteiger partial charge in [0.15, 0.2) is 0 Å². The van der Waals surface area contributed by atoms with Crippen LogP contribution in [0.15, 0.2) is 6.07 Å². The molecule has 0 radical (unpaired) electrons. The van der Waals surface area contributed by atoms with E-state index >= 15 is 0 Å². The van der Waals surface area contributed by atoms with Gasteiger partial charge in [-0.3, -0.25) is 4.90 Å². The van der Waals surface area contributed by atoms with Gasteiger partial charge in [0.2, 0.25) is 0 Å². The minimum atomic E-state index is 0.263. The molecule has 5 heteroatoms. The molecule has 0 bridgehead atoms. The molecule has 0 saturated heterocycles. The van der Waals surface area contributed by atoms with E-state index in [0.29, 0.717) is 0 Å². The van der Waals surface area contributed by atoms with Gasteiger partial charge in [0.25, 0.3) is 0 Å². The van der Waals surface area contributed by atoms with Crippen molar-refractivity contribution in [2.75, 3.05) is 19.6 Å². The second-order valence-corrected chi connectivity index (χ2v) is 7.10. The summed E-state index contributed by atoms with van der Waals surface area (Å²) in [6.07, 6.45) is 2.74. The van der Waals surface area contributed by atoms with Crippen molar-refractivity contribution < 1.29 is 0 Å². The van der Waals surface area contributed by atoms with E-state index in [1.165, 1.54) is 24.2 Å². The lowest BCUT2D eigenvalue weighted by Crippen LogP contribution is -2.34. The fourth-order valence-electron chi connectivity index (χ4n) is 2.22. The van der Waals surface area contributed by atoms with Gasteiger partial charge >= 0.3 is 0 Å². The van der Waals surface area contributed by atoms with Crippen LogP contribution in [0.25, 0.3) is 0 Å². The van der Waals surface area contributed by atoms with Crippen LogP contribution in [0.5, 0.6) is 0 Å². The quantitative estimate of drug-likeness (QED) is 0.812. The maximum atomic E-state index is 6.15. The Kier molecular flexibility index (Phi) is 5.34. The van der Waals surface area contributed by atoms with Crippen molar-refractivity contribution in [1.82, 2.24) is 10.2 Å². The van der Waals surface area contributed by atoms with E-state index < -0.39 is 0 Å². The molecule has 1 saturated carbocycles. The first-order valence-corrected chi connectivity index (χ1v) is 8.11. The summed E-state index contributed by atoms with van der Waals surface area (Å²) in [6.45, 7) is 7.62. The van der Waals surface area contributed by atoms with E-state index in [1.807, 2.05) is 6.07 Å². The van der Waals surface area contributed by atoms with Crippen molar-refractivity contribution in [3.05, 3.63) is 20.3 Å². The predicted molar refractivity (Wildman–Crippen MR) is 81.0 cm³/mol. The van der Waals surface area contributed by atoms with Crippen LogP contribution in [0.2, 0.25) is 8.67 Å². The van der Waals surface area contributed by atoms with Crippen LogP contribution >= 0.6 is 34.5 Å². The van der Waals surface area contributed by atoms with Crippen LogP contribution in [-0.2, 0) is 0 Å². The van der Waals surface area contributed by atoms with Gasteiger partial charge in [0, 0.05) is 25.2 Å². The van der Waals surface area contributed by atoms with Gasteiger partial charge in [-0.2, -0.15) is 0 Å². The van der Waals surface area contributed by atoms with Gasteiger partial charge in [-0.05, 0) is 37.9 Å². The molecule has 1 fully saturated rings. The van der Waals surface area contributed by atoms with Crippen LogP contribution in [-0.4, -0.2) is 30.6 Å². The average molecular weight is 307 g/mol. The predicted octanol–water partition coefficient (Wildman–Crippen LogP) is 4.19. The Hall–Kier alpha value is 0.200. The summed E-state index contributed by atoms with van der Waals surface area (Å²) in [5.41, 5.74) is 1.11. The Balaban J connectivity index is 1.77. The van der Waals surface area contributed by atoms with Crippen LogP contribution in [0, 0.1) is 0 Å². The van der Waals surface area contributed by atoms with Crippen molar-refractivity contribution in [3.8, 4) is 0 Å². The fourth-order valence-corrected chi connectivity index (χ4v) is 3.87. The topological polar surface area (TPSA) is 15.3 Å². The van der Waals surface area contributed by atoms with E-state index in [-0.39, 0.29) is 6.04 Å². The zero-order chi connectivity index (χ0) is 13.1. The number of nitrogens with one attached hydrogen (secondary N) is 1. The summed E-state index contributed by atoms with van der Waals surface area (Å²) in [6, 6.07) is 3.07. The molecule has 0 spiro atoms. The third kappa shape index (κ3) is 3.84. The molecule has 1 heterocycles. The second-order valence-electron chi connectivity index (χ2n) is 4.82. The van der Waals surface area contributed by atoms with Gasteiger partial charge in [-0.1, -0.05) is 30.1 Å². The number of hydrogen-bond donors (Lipinski definition) is 1. The van der Waals surface area contributed by atoms with Gasteiger partial charge in [-0.15, -0.1) is 11.3 Å². The van der Waals surface area contributed by atoms with Crippen molar-refractivity contribution in [2.24, 2.45) is 0 Å². The minimum absolute atomic E-state index is 0.263. The molecule has 18 heavy (non-hydrogen) atoms. The molecular weight excluding hydrogens is 287 g/mol. The third-order valence-electron chi connectivity index (χ3n) is 3.47. The van der Waals surface area contributed by atoms with Crippen LogP contribution < -0.4 is 5.32 Å². The molecule has 1 N–H and O–H groups in total. The average Bonchev–Trinajstić information content (AvgIpc) is 3.10. The number of nitrogens with zero attached hydrogens (tertiary/aromatic N) is 1. The van der Waals surface area contributed by atoms with Crippen LogP contribution in [0.4, 0.5) is 0 Å². The second kappa shape index (κ2) is 6.58. The van der Waals surface area contributed by atoms with Crippen LogP contribution in [0.1, 0.15) is 38.3 Å². The Labute approximate surface area is 123 Å². The summed E-state index contributed by atoms with van der Waals surface area (Å²) in [5, 5.41) is 3.52. The lowest BCUT2D eigenvalue weighted by molar-refractivity contribution is 0.273. The Morgan fingerprint density at radius 1 is 1.50 bits per heavy atom. The number of halogens is 2. The van der Waals surface area contributed by atoms with Crippen molar-refractivity contribution >= 4 is 34.5 Å². The molecule has 0 amide bonds. The summed E-state index contributed by atoms with van der Waals surface area (Å²) in [7, 11) is 0. The van der Waals surface area contributed by atoms with Gasteiger partial charge in [0.05, 0.1) is 8.67 Å². The zero-order valence-electron chi connectivity index (χ0n) is 10.9. The molecule has 1 aromatic rings. The molecule has 2 rings (SSSR count). The first kappa shape index (κ1) is 14.6. The molecule has 1 unspecified atom stereocenters. The maximum Gasteiger partial charge on any atom is 0.0991 e. The first-order chi connectivity index (χ1) is 8.61. The number of rotatable bonds is 7. The van der Waals surface area contributed by atoms with E-state index in [0.717, 1.165) is 39.9 Å². The van der Waals surface area contributed by atoms with Crippen molar-refractivity contribution in [3.63, 3.8) is 0 Å². The van der Waals surface area contributed by atoms with Gasteiger partial charge in [0.1, 0.15) is 0 Å². The highest BCUT2D eigenvalue weighted by Gasteiger charge is 2.27. The summed E-state index contributed by atoms with van der Waals surface area (Å²) >= 11 is 13.6. The first-order valence-electron chi connectivity index (χ1n) is 6.54. The minimum Gasteiger partial charge on any atom is -0.309 e. The Bertz CT molecular complexity index is 390.